The molecule has 0 radical (unpaired) electrons. The van der Waals surface area contributed by atoms with Crippen LogP contribution in [0.3, 0.4) is 0 Å². The number of halogens is 2. The van der Waals surface area contributed by atoms with E-state index in [0.717, 1.165) is 34.9 Å². The largest absolute Gasteiger partial charge is 0.206 e. The average Bonchev–Trinajstić information content (AvgIpc) is 2.73. The Balaban J connectivity index is 1.72. The smallest absolute Gasteiger partial charge is 0.138 e. The third kappa shape index (κ3) is 3.84. The van der Waals surface area contributed by atoms with E-state index in [9.17, 15) is 4.39 Å². The van der Waals surface area contributed by atoms with Gasteiger partial charge in [-0.2, -0.15) is 0 Å². The number of hydrogen-bond acceptors (Lipinski definition) is 0. The maximum absolute atomic E-state index is 15.2. The molecular formula is C27H22F2. The maximum Gasteiger partial charge on any atom is 0.138 e. The zero-order valence-electron chi connectivity index (χ0n) is 16.4. The summed E-state index contributed by atoms with van der Waals surface area (Å²) in [7, 11) is 0. The summed E-state index contributed by atoms with van der Waals surface area (Å²) in [5.74, 6) is -0.675. The van der Waals surface area contributed by atoms with Gasteiger partial charge >= 0.3 is 0 Å². The predicted molar refractivity (Wildman–Crippen MR) is 118 cm³/mol. The lowest BCUT2D eigenvalue weighted by Gasteiger charge is -2.11. The summed E-state index contributed by atoms with van der Waals surface area (Å²) in [6.07, 6.45) is 3.65. The standard InChI is InChI=1S/C27H22F2/c1-3-4-5-19-8-13-24-21(16-19)12-15-25(27(24)29)22-11-14-23(26(28)17-22)20-9-6-18(2)7-10-20/h3,6-17H,1,4-5H2,2H3. The van der Waals surface area contributed by atoms with E-state index >= 15 is 4.39 Å². The Bertz CT molecular complexity index is 1190. The summed E-state index contributed by atoms with van der Waals surface area (Å²) < 4.78 is 30.0. The molecule has 4 rings (SSSR count). The van der Waals surface area contributed by atoms with Crippen molar-refractivity contribution in [3.63, 3.8) is 0 Å². The van der Waals surface area contributed by atoms with Gasteiger partial charge in [-0.3, -0.25) is 0 Å². The second-order valence-corrected chi connectivity index (χ2v) is 7.37. The highest BCUT2D eigenvalue weighted by molar-refractivity contribution is 5.89. The van der Waals surface area contributed by atoms with E-state index in [-0.39, 0.29) is 11.6 Å². The van der Waals surface area contributed by atoms with Crippen molar-refractivity contribution in [1.82, 2.24) is 0 Å². The zero-order valence-corrected chi connectivity index (χ0v) is 16.4. The highest BCUT2D eigenvalue weighted by Gasteiger charge is 2.13. The minimum atomic E-state index is -0.356. The Morgan fingerprint density at radius 2 is 1.52 bits per heavy atom. The van der Waals surface area contributed by atoms with E-state index in [1.54, 1.807) is 18.2 Å². The number of aryl methyl sites for hydroxylation is 2. The molecule has 0 amide bonds. The minimum Gasteiger partial charge on any atom is -0.206 e. The molecule has 0 aromatic heterocycles. The molecule has 144 valence electrons. The van der Waals surface area contributed by atoms with Crippen molar-refractivity contribution in [2.75, 3.05) is 0 Å². The fourth-order valence-corrected chi connectivity index (χ4v) is 3.64. The Morgan fingerprint density at radius 1 is 0.793 bits per heavy atom. The highest BCUT2D eigenvalue weighted by atomic mass is 19.1. The molecule has 29 heavy (non-hydrogen) atoms. The van der Waals surface area contributed by atoms with Crippen LogP contribution in [0.5, 0.6) is 0 Å². The number of rotatable bonds is 5. The average molecular weight is 384 g/mol. The number of benzene rings is 4. The normalized spacial score (nSPS) is 11.0. The summed E-state index contributed by atoms with van der Waals surface area (Å²) in [5, 5.41) is 1.40. The van der Waals surface area contributed by atoms with E-state index in [4.69, 9.17) is 0 Å². The molecule has 0 unspecified atom stereocenters. The molecule has 4 aromatic rings. The first-order valence-corrected chi connectivity index (χ1v) is 9.76. The van der Waals surface area contributed by atoms with Crippen LogP contribution in [0, 0.1) is 18.6 Å². The van der Waals surface area contributed by atoms with Crippen LogP contribution in [0.4, 0.5) is 8.78 Å². The first-order valence-electron chi connectivity index (χ1n) is 9.76. The van der Waals surface area contributed by atoms with Crippen LogP contribution in [-0.4, -0.2) is 0 Å². The van der Waals surface area contributed by atoms with Gasteiger partial charge in [0.15, 0.2) is 0 Å². The van der Waals surface area contributed by atoms with Crippen LogP contribution >= 0.6 is 0 Å². The summed E-state index contributed by atoms with van der Waals surface area (Å²) >= 11 is 0. The molecule has 0 aliphatic carbocycles. The van der Waals surface area contributed by atoms with Crippen molar-refractivity contribution in [3.05, 3.63) is 108 Å². The monoisotopic (exact) mass is 384 g/mol. The lowest BCUT2D eigenvalue weighted by atomic mass is 9.96. The fourth-order valence-electron chi connectivity index (χ4n) is 3.64. The molecule has 0 nitrogen and oxygen atoms in total. The van der Waals surface area contributed by atoms with Crippen molar-refractivity contribution >= 4 is 10.8 Å². The van der Waals surface area contributed by atoms with E-state index < -0.39 is 0 Å². The molecule has 0 fully saturated rings. The van der Waals surface area contributed by atoms with Crippen LogP contribution in [0.25, 0.3) is 33.0 Å². The van der Waals surface area contributed by atoms with Gasteiger partial charge < -0.3 is 0 Å². The van der Waals surface area contributed by atoms with Gasteiger partial charge in [0.1, 0.15) is 11.6 Å². The molecule has 0 atom stereocenters. The van der Waals surface area contributed by atoms with E-state index in [1.165, 1.54) is 6.07 Å². The Kier molecular flexibility index (Phi) is 5.26. The first-order chi connectivity index (χ1) is 14.1. The molecule has 0 heterocycles. The molecule has 0 aliphatic heterocycles. The summed E-state index contributed by atoms with van der Waals surface area (Å²) in [6.45, 7) is 5.74. The summed E-state index contributed by atoms with van der Waals surface area (Å²) in [4.78, 5) is 0. The minimum absolute atomic E-state index is 0.319. The van der Waals surface area contributed by atoms with Gasteiger partial charge in [0.2, 0.25) is 0 Å². The van der Waals surface area contributed by atoms with E-state index in [2.05, 4.69) is 6.58 Å². The van der Waals surface area contributed by atoms with Gasteiger partial charge in [0.25, 0.3) is 0 Å². The van der Waals surface area contributed by atoms with Crippen molar-refractivity contribution in [3.8, 4) is 22.3 Å². The SMILES string of the molecule is C=CCCc1ccc2c(F)c(-c3ccc(-c4ccc(C)cc4)c(F)c3)ccc2c1. The third-order valence-corrected chi connectivity index (χ3v) is 5.30. The van der Waals surface area contributed by atoms with Gasteiger partial charge in [-0.25, -0.2) is 8.78 Å². The first kappa shape index (κ1) is 19.1. The van der Waals surface area contributed by atoms with E-state index in [0.29, 0.717) is 22.1 Å². The van der Waals surface area contributed by atoms with Crippen LogP contribution in [0.15, 0.2) is 85.5 Å². The molecule has 2 heteroatoms. The molecular weight excluding hydrogens is 362 g/mol. The number of fused-ring (bicyclic) bond motifs is 1. The van der Waals surface area contributed by atoms with Crippen LogP contribution in [0.1, 0.15) is 17.5 Å². The van der Waals surface area contributed by atoms with Crippen LogP contribution in [-0.2, 0) is 6.42 Å². The molecule has 0 saturated heterocycles. The zero-order chi connectivity index (χ0) is 20.4. The third-order valence-electron chi connectivity index (χ3n) is 5.30. The molecule has 0 spiro atoms. The van der Waals surface area contributed by atoms with Crippen LogP contribution in [0.2, 0.25) is 0 Å². The van der Waals surface area contributed by atoms with Gasteiger partial charge in [0, 0.05) is 16.5 Å². The van der Waals surface area contributed by atoms with Gasteiger partial charge in [0.05, 0.1) is 0 Å². The van der Waals surface area contributed by atoms with Gasteiger partial charge in [-0.15, -0.1) is 6.58 Å². The van der Waals surface area contributed by atoms with Crippen molar-refractivity contribution < 1.29 is 8.78 Å². The molecule has 0 bridgehead atoms. The van der Waals surface area contributed by atoms with Gasteiger partial charge in [-0.05, 0) is 47.9 Å². The van der Waals surface area contributed by atoms with Crippen LogP contribution < -0.4 is 0 Å². The fraction of sp³-hybridized carbons (Fsp3) is 0.111. The summed E-state index contributed by atoms with van der Waals surface area (Å²) in [5.41, 5.74) is 4.54. The Morgan fingerprint density at radius 3 is 2.24 bits per heavy atom. The Hall–Kier alpha value is -3.26. The predicted octanol–water partition coefficient (Wildman–Crippen LogP) is 7.88. The lowest BCUT2D eigenvalue weighted by molar-refractivity contribution is 0.630. The lowest BCUT2D eigenvalue weighted by Crippen LogP contribution is -1.91. The number of hydrogen-bond donors (Lipinski definition) is 0. The molecule has 0 saturated carbocycles. The molecule has 4 aromatic carbocycles. The van der Waals surface area contributed by atoms with Crippen molar-refractivity contribution in [1.29, 1.82) is 0 Å². The second-order valence-electron chi connectivity index (χ2n) is 7.37. The molecule has 0 aliphatic rings. The van der Waals surface area contributed by atoms with Crippen molar-refractivity contribution in [2.24, 2.45) is 0 Å². The number of allylic oxidation sites excluding steroid dienone is 1. The Labute approximate surface area is 170 Å². The second kappa shape index (κ2) is 8.00. The highest BCUT2D eigenvalue weighted by Crippen LogP contribution is 2.33. The maximum atomic E-state index is 15.2. The topological polar surface area (TPSA) is 0 Å². The molecule has 0 N–H and O–H groups in total. The summed E-state index contributed by atoms with van der Waals surface area (Å²) in [6, 6.07) is 22.0. The van der Waals surface area contributed by atoms with E-state index in [1.807, 2.05) is 61.5 Å². The van der Waals surface area contributed by atoms with Gasteiger partial charge in [-0.1, -0.05) is 78.4 Å². The van der Waals surface area contributed by atoms with Crippen molar-refractivity contribution in [2.45, 2.75) is 19.8 Å². The quantitative estimate of drug-likeness (QED) is 0.307.